The predicted molar refractivity (Wildman–Crippen MR) is 66.3 cm³/mol. The van der Waals surface area contributed by atoms with Gasteiger partial charge in [0, 0.05) is 18.4 Å². The van der Waals surface area contributed by atoms with Gasteiger partial charge in [0.1, 0.15) is 11.9 Å². The molecule has 2 aliphatic rings. The Morgan fingerprint density at radius 1 is 1.33 bits per heavy atom. The second kappa shape index (κ2) is 4.55. The Morgan fingerprint density at radius 3 is 2.89 bits per heavy atom. The van der Waals surface area contributed by atoms with E-state index in [2.05, 4.69) is 9.97 Å². The molecule has 3 rings (SSSR count). The molecule has 1 saturated heterocycles. The monoisotopic (exact) mass is 247 g/mol. The summed E-state index contributed by atoms with van der Waals surface area (Å²) in [5, 5.41) is 9.40. The molecular formula is C13H17N3O2. The van der Waals surface area contributed by atoms with Gasteiger partial charge in [-0.2, -0.15) is 0 Å². The average molecular weight is 247 g/mol. The van der Waals surface area contributed by atoms with Gasteiger partial charge in [-0.05, 0) is 25.2 Å². The molecule has 1 aromatic heterocycles. The molecule has 3 unspecified atom stereocenters. The van der Waals surface area contributed by atoms with Gasteiger partial charge in [0.25, 0.3) is 0 Å². The lowest BCUT2D eigenvalue weighted by Crippen LogP contribution is -2.42. The van der Waals surface area contributed by atoms with E-state index in [-0.39, 0.29) is 0 Å². The highest BCUT2D eigenvalue weighted by atomic mass is 16.4. The van der Waals surface area contributed by atoms with Gasteiger partial charge in [0.05, 0.1) is 6.20 Å². The summed E-state index contributed by atoms with van der Waals surface area (Å²) < 4.78 is 0. The number of anilines is 1. The fourth-order valence-electron chi connectivity index (χ4n) is 3.43. The third kappa shape index (κ3) is 1.83. The first kappa shape index (κ1) is 11.4. The van der Waals surface area contributed by atoms with Gasteiger partial charge in [-0.3, -0.25) is 4.98 Å². The molecular weight excluding hydrogens is 230 g/mol. The highest BCUT2D eigenvalue weighted by Gasteiger charge is 2.45. The molecule has 3 atom stereocenters. The average Bonchev–Trinajstić information content (AvgIpc) is 2.79. The van der Waals surface area contributed by atoms with Crippen LogP contribution in [0.15, 0.2) is 18.6 Å². The lowest BCUT2D eigenvalue weighted by molar-refractivity contribution is -0.138. The SMILES string of the molecule is O=C(O)C1CC2CCCCC2N1c1cnccn1. The molecule has 1 N–H and O–H groups in total. The maximum atomic E-state index is 11.4. The third-order valence-corrected chi connectivity index (χ3v) is 4.19. The molecule has 5 nitrogen and oxygen atoms in total. The molecule has 1 aliphatic carbocycles. The summed E-state index contributed by atoms with van der Waals surface area (Å²) in [6, 6.07) is -0.105. The molecule has 2 fully saturated rings. The van der Waals surface area contributed by atoms with Crippen molar-refractivity contribution in [3.8, 4) is 0 Å². The van der Waals surface area contributed by atoms with Crippen LogP contribution < -0.4 is 4.90 Å². The quantitative estimate of drug-likeness (QED) is 0.861. The van der Waals surface area contributed by atoms with Crippen LogP contribution in [0.3, 0.4) is 0 Å². The normalized spacial score (nSPS) is 31.1. The first-order valence-electron chi connectivity index (χ1n) is 6.54. The zero-order valence-electron chi connectivity index (χ0n) is 10.2. The minimum atomic E-state index is -0.741. The van der Waals surface area contributed by atoms with Crippen LogP contribution in [0.4, 0.5) is 5.82 Å². The zero-order chi connectivity index (χ0) is 12.5. The van der Waals surface area contributed by atoms with E-state index in [4.69, 9.17) is 0 Å². The predicted octanol–water partition coefficient (Wildman–Crippen LogP) is 1.70. The van der Waals surface area contributed by atoms with Crippen LogP contribution in [-0.2, 0) is 4.79 Å². The van der Waals surface area contributed by atoms with Gasteiger partial charge in [-0.1, -0.05) is 12.8 Å². The Hall–Kier alpha value is -1.65. The zero-order valence-corrected chi connectivity index (χ0v) is 10.2. The van der Waals surface area contributed by atoms with E-state index in [1.807, 2.05) is 4.90 Å². The number of fused-ring (bicyclic) bond motifs is 1. The molecule has 0 amide bonds. The van der Waals surface area contributed by atoms with E-state index in [9.17, 15) is 9.90 Å². The topological polar surface area (TPSA) is 66.3 Å². The molecule has 2 heterocycles. The van der Waals surface area contributed by atoms with Crippen LogP contribution in [0.1, 0.15) is 32.1 Å². The highest BCUT2D eigenvalue weighted by Crippen LogP contribution is 2.41. The van der Waals surface area contributed by atoms with Crippen LogP contribution in [0.2, 0.25) is 0 Å². The van der Waals surface area contributed by atoms with E-state index in [1.54, 1.807) is 18.6 Å². The Bertz CT molecular complexity index is 437. The fraction of sp³-hybridized carbons (Fsp3) is 0.615. The number of carboxylic acids is 1. The highest BCUT2D eigenvalue weighted by molar-refractivity contribution is 5.78. The molecule has 0 bridgehead atoms. The summed E-state index contributed by atoms with van der Waals surface area (Å²) in [5.74, 6) is 0.469. The van der Waals surface area contributed by atoms with Crippen molar-refractivity contribution in [3.05, 3.63) is 18.6 Å². The van der Waals surface area contributed by atoms with Gasteiger partial charge >= 0.3 is 5.97 Å². The summed E-state index contributed by atoms with van der Waals surface area (Å²) in [4.78, 5) is 21.8. The Kier molecular flexibility index (Phi) is 2.89. The Labute approximate surface area is 106 Å². The molecule has 0 aromatic carbocycles. The van der Waals surface area contributed by atoms with Crippen LogP contribution in [0.25, 0.3) is 0 Å². The third-order valence-electron chi connectivity index (χ3n) is 4.19. The van der Waals surface area contributed by atoms with Crippen LogP contribution in [0.5, 0.6) is 0 Å². The van der Waals surface area contributed by atoms with Crippen LogP contribution in [-0.4, -0.2) is 33.1 Å². The summed E-state index contributed by atoms with van der Waals surface area (Å²) in [6.45, 7) is 0. The molecule has 18 heavy (non-hydrogen) atoms. The van der Waals surface area contributed by atoms with E-state index in [0.29, 0.717) is 17.8 Å². The van der Waals surface area contributed by atoms with Crippen molar-refractivity contribution in [2.75, 3.05) is 4.90 Å². The molecule has 0 spiro atoms. The maximum absolute atomic E-state index is 11.4. The Morgan fingerprint density at radius 2 is 2.17 bits per heavy atom. The second-order valence-corrected chi connectivity index (χ2v) is 5.17. The molecule has 0 radical (unpaired) electrons. The molecule has 1 aromatic rings. The first-order chi connectivity index (χ1) is 8.77. The molecule has 1 saturated carbocycles. The van der Waals surface area contributed by atoms with Crippen molar-refractivity contribution in [2.45, 2.75) is 44.2 Å². The number of aliphatic carboxylic acids is 1. The van der Waals surface area contributed by atoms with E-state index >= 15 is 0 Å². The number of carbonyl (C=O) groups is 1. The summed E-state index contributed by atoms with van der Waals surface area (Å²) >= 11 is 0. The molecule has 1 aliphatic heterocycles. The van der Waals surface area contributed by atoms with Gasteiger partial charge in [0.2, 0.25) is 0 Å². The number of rotatable bonds is 2. The van der Waals surface area contributed by atoms with E-state index in [1.165, 1.54) is 12.8 Å². The standard InChI is InChI=1S/C13H17N3O2/c17-13(18)11-7-9-3-1-2-4-10(9)16(11)12-8-14-5-6-15-12/h5-6,8-11H,1-4,7H2,(H,17,18). The summed E-state index contributed by atoms with van der Waals surface area (Å²) in [5.41, 5.74) is 0. The van der Waals surface area contributed by atoms with E-state index in [0.717, 1.165) is 19.3 Å². The first-order valence-corrected chi connectivity index (χ1v) is 6.54. The molecule has 96 valence electrons. The minimum Gasteiger partial charge on any atom is -0.480 e. The van der Waals surface area contributed by atoms with Gasteiger partial charge < -0.3 is 10.0 Å². The maximum Gasteiger partial charge on any atom is 0.326 e. The second-order valence-electron chi connectivity index (χ2n) is 5.17. The van der Waals surface area contributed by atoms with E-state index < -0.39 is 12.0 Å². The van der Waals surface area contributed by atoms with Crippen LogP contribution >= 0.6 is 0 Å². The van der Waals surface area contributed by atoms with Crippen molar-refractivity contribution >= 4 is 11.8 Å². The number of hydrogen-bond acceptors (Lipinski definition) is 4. The summed E-state index contributed by atoms with van der Waals surface area (Å²) in [6.07, 6.45) is 10.3. The van der Waals surface area contributed by atoms with Crippen LogP contribution in [0, 0.1) is 5.92 Å². The Balaban J connectivity index is 1.94. The number of hydrogen-bond donors (Lipinski definition) is 1. The smallest absolute Gasteiger partial charge is 0.326 e. The lowest BCUT2D eigenvalue weighted by Gasteiger charge is -2.33. The fourth-order valence-corrected chi connectivity index (χ4v) is 3.43. The van der Waals surface area contributed by atoms with Gasteiger partial charge in [-0.15, -0.1) is 0 Å². The van der Waals surface area contributed by atoms with Crippen molar-refractivity contribution in [1.82, 2.24) is 9.97 Å². The molecule has 5 heteroatoms. The number of carboxylic acid groups (broad SMARTS) is 1. The van der Waals surface area contributed by atoms with Crippen molar-refractivity contribution in [3.63, 3.8) is 0 Å². The largest absolute Gasteiger partial charge is 0.480 e. The lowest BCUT2D eigenvalue weighted by atomic mass is 9.85. The summed E-state index contributed by atoms with van der Waals surface area (Å²) in [7, 11) is 0. The van der Waals surface area contributed by atoms with Crippen molar-refractivity contribution in [2.24, 2.45) is 5.92 Å². The number of aromatic nitrogens is 2. The minimum absolute atomic E-state index is 0.330. The van der Waals surface area contributed by atoms with Crippen molar-refractivity contribution < 1.29 is 9.90 Å². The van der Waals surface area contributed by atoms with Gasteiger partial charge in [-0.25, -0.2) is 9.78 Å². The number of nitrogens with zero attached hydrogens (tertiary/aromatic N) is 3. The van der Waals surface area contributed by atoms with Gasteiger partial charge in [0.15, 0.2) is 0 Å². The van der Waals surface area contributed by atoms with Crippen molar-refractivity contribution in [1.29, 1.82) is 0 Å².